The van der Waals surface area contributed by atoms with Crippen LogP contribution in [-0.2, 0) is 11.3 Å². The zero-order valence-corrected chi connectivity index (χ0v) is 12.2. The zero-order valence-electron chi connectivity index (χ0n) is 11.4. The number of hydrogen-bond acceptors (Lipinski definition) is 8. The van der Waals surface area contributed by atoms with Gasteiger partial charge in [-0.1, -0.05) is 11.8 Å². The van der Waals surface area contributed by atoms with Crippen molar-refractivity contribution in [3.63, 3.8) is 0 Å². The van der Waals surface area contributed by atoms with Gasteiger partial charge in [-0.05, 0) is 0 Å². The second kappa shape index (κ2) is 5.03. The minimum Gasteiger partial charge on any atom is -0.394 e. The molecule has 10 heteroatoms. The van der Waals surface area contributed by atoms with E-state index in [2.05, 4.69) is 9.97 Å². The van der Waals surface area contributed by atoms with E-state index in [-0.39, 0.29) is 11.1 Å². The number of thioether (sulfide) groups is 1. The molecule has 0 amide bonds. The molecular formula is C12H14N4O5S. The molecule has 1 unspecified atom stereocenters. The monoisotopic (exact) mass is 326 g/mol. The molecule has 0 spiro atoms. The Bertz CT molecular complexity index is 790. The number of ether oxygens (including phenoxy) is 1. The molecule has 4 rings (SSSR count). The van der Waals surface area contributed by atoms with Gasteiger partial charge in [0.25, 0.3) is 5.56 Å². The number of rotatable bonds is 2. The molecule has 0 aromatic carbocycles. The molecule has 2 aliphatic heterocycles. The van der Waals surface area contributed by atoms with Gasteiger partial charge in [0, 0.05) is 12.3 Å². The second-order valence-corrected chi connectivity index (χ2v) is 6.31. The summed E-state index contributed by atoms with van der Waals surface area (Å²) >= 11 is 1.48. The maximum absolute atomic E-state index is 12.4. The number of fused-ring (bicyclic) bond motifs is 2. The number of nitrogens with zero attached hydrogens (tertiary/aromatic N) is 4. The Morgan fingerprint density at radius 2 is 2.23 bits per heavy atom. The quantitative estimate of drug-likeness (QED) is 0.559. The van der Waals surface area contributed by atoms with E-state index in [1.54, 1.807) is 4.57 Å². The Hall–Kier alpha value is -1.46. The summed E-state index contributed by atoms with van der Waals surface area (Å²) in [6.07, 6.45) is -2.92. The van der Waals surface area contributed by atoms with E-state index in [4.69, 9.17) is 9.84 Å². The van der Waals surface area contributed by atoms with Crippen LogP contribution in [0, 0.1) is 0 Å². The minimum atomic E-state index is -1.24. The lowest BCUT2D eigenvalue weighted by molar-refractivity contribution is -0.0511. The molecule has 3 N–H and O–H groups in total. The summed E-state index contributed by atoms with van der Waals surface area (Å²) in [4.78, 5) is 20.9. The van der Waals surface area contributed by atoms with Crippen LogP contribution in [0.25, 0.3) is 11.2 Å². The fraction of sp³-hybridized carbons (Fsp3) is 0.583. The van der Waals surface area contributed by atoms with Gasteiger partial charge >= 0.3 is 0 Å². The van der Waals surface area contributed by atoms with Crippen molar-refractivity contribution in [3.8, 4) is 0 Å². The number of aliphatic hydroxyl groups excluding tert-OH is 3. The molecule has 0 saturated carbocycles. The molecule has 0 aliphatic carbocycles. The van der Waals surface area contributed by atoms with Crippen molar-refractivity contribution in [1.29, 1.82) is 0 Å². The molecule has 0 bridgehead atoms. The Morgan fingerprint density at radius 1 is 1.41 bits per heavy atom. The van der Waals surface area contributed by atoms with Crippen LogP contribution < -0.4 is 5.56 Å². The van der Waals surface area contributed by atoms with E-state index in [9.17, 15) is 15.0 Å². The lowest BCUT2D eigenvalue weighted by atomic mass is 10.1. The average Bonchev–Trinajstić information content (AvgIpc) is 3.20. The molecule has 2 aromatic rings. The molecule has 1 fully saturated rings. The summed E-state index contributed by atoms with van der Waals surface area (Å²) in [6, 6.07) is 0. The first kappa shape index (κ1) is 14.2. The topological polar surface area (TPSA) is 123 Å². The van der Waals surface area contributed by atoms with Crippen LogP contribution in [0.5, 0.6) is 0 Å². The van der Waals surface area contributed by atoms with Gasteiger partial charge in [-0.15, -0.1) is 0 Å². The summed E-state index contributed by atoms with van der Waals surface area (Å²) in [6.45, 7) is 0.186. The van der Waals surface area contributed by atoms with Gasteiger partial charge in [0.1, 0.15) is 18.3 Å². The highest BCUT2D eigenvalue weighted by molar-refractivity contribution is 7.99. The van der Waals surface area contributed by atoms with Crippen LogP contribution in [0.4, 0.5) is 0 Å². The van der Waals surface area contributed by atoms with Gasteiger partial charge in [-0.25, -0.2) is 9.97 Å². The van der Waals surface area contributed by atoms with E-state index in [1.807, 2.05) is 0 Å². The summed E-state index contributed by atoms with van der Waals surface area (Å²) in [5.41, 5.74) is 0.278. The smallest absolute Gasteiger partial charge is 0.282 e. The molecule has 0 radical (unpaired) electrons. The lowest BCUT2D eigenvalue weighted by Gasteiger charge is -2.16. The molecule has 4 atom stereocenters. The SMILES string of the molecule is O=c1c2ncn(C3O[C@H](CO)[C@@H](O)[C@H]3O)c2nc2n1CCS2. The largest absolute Gasteiger partial charge is 0.394 e. The highest BCUT2D eigenvalue weighted by atomic mass is 32.2. The Labute approximate surface area is 128 Å². The van der Waals surface area contributed by atoms with Crippen LogP contribution >= 0.6 is 11.8 Å². The fourth-order valence-corrected chi connectivity index (χ4v) is 3.75. The average molecular weight is 326 g/mol. The predicted molar refractivity (Wildman–Crippen MR) is 75.5 cm³/mol. The third-order valence-electron chi connectivity index (χ3n) is 3.99. The van der Waals surface area contributed by atoms with Gasteiger partial charge in [0.15, 0.2) is 22.5 Å². The Kier molecular flexibility index (Phi) is 3.24. The van der Waals surface area contributed by atoms with E-state index in [1.165, 1.54) is 22.7 Å². The van der Waals surface area contributed by atoms with Crippen molar-refractivity contribution < 1.29 is 20.1 Å². The van der Waals surface area contributed by atoms with Crippen LogP contribution in [-0.4, -0.2) is 65.1 Å². The summed E-state index contributed by atoms with van der Waals surface area (Å²) in [7, 11) is 0. The van der Waals surface area contributed by atoms with Crippen molar-refractivity contribution >= 4 is 22.9 Å². The first-order valence-corrected chi connectivity index (χ1v) is 7.83. The minimum absolute atomic E-state index is 0.198. The first-order valence-electron chi connectivity index (χ1n) is 6.84. The molecule has 4 heterocycles. The highest BCUT2D eigenvalue weighted by Gasteiger charge is 2.44. The number of imidazole rings is 1. The Balaban J connectivity index is 1.84. The standard InChI is InChI=1S/C12H14N4O5S/c17-3-5-7(18)8(19)11(21-5)16-4-13-6-9(16)14-12-15(10(6)20)1-2-22-12/h4-5,7-8,11,17-19H,1-3H2/t5-,7-,8-,11?/m1/s1. The summed E-state index contributed by atoms with van der Waals surface area (Å²) in [5, 5.41) is 29.7. The van der Waals surface area contributed by atoms with Gasteiger partial charge in [0.05, 0.1) is 12.9 Å². The van der Waals surface area contributed by atoms with Crippen molar-refractivity contribution in [2.24, 2.45) is 0 Å². The predicted octanol–water partition coefficient (Wildman–Crippen LogP) is -1.69. The molecular weight excluding hydrogens is 312 g/mol. The number of hydrogen-bond donors (Lipinski definition) is 3. The zero-order chi connectivity index (χ0) is 15.4. The van der Waals surface area contributed by atoms with E-state index < -0.39 is 31.1 Å². The van der Waals surface area contributed by atoms with Crippen molar-refractivity contribution in [2.45, 2.75) is 36.2 Å². The number of aromatic nitrogens is 4. The third kappa shape index (κ3) is 1.85. The molecule has 1 saturated heterocycles. The van der Waals surface area contributed by atoms with E-state index in [0.29, 0.717) is 17.3 Å². The molecule has 2 aliphatic rings. The Morgan fingerprint density at radius 3 is 2.95 bits per heavy atom. The van der Waals surface area contributed by atoms with Crippen molar-refractivity contribution in [3.05, 3.63) is 16.7 Å². The van der Waals surface area contributed by atoms with Crippen LogP contribution in [0.2, 0.25) is 0 Å². The van der Waals surface area contributed by atoms with Crippen molar-refractivity contribution in [2.75, 3.05) is 12.4 Å². The molecule has 22 heavy (non-hydrogen) atoms. The number of aliphatic hydroxyl groups is 3. The maximum atomic E-state index is 12.4. The van der Waals surface area contributed by atoms with E-state index >= 15 is 0 Å². The maximum Gasteiger partial charge on any atom is 0.282 e. The van der Waals surface area contributed by atoms with Crippen LogP contribution in [0.1, 0.15) is 6.23 Å². The van der Waals surface area contributed by atoms with Gasteiger partial charge < -0.3 is 20.1 Å². The summed E-state index contributed by atoms with van der Waals surface area (Å²) in [5.74, 6) is 0.780. The van der Waals surface area contributed by atoms with Crippen LogP contribution in [0.15, 0.2) is 16.3 Å². The molecule has 118 valence electrons. The normalized spacial score (nSPS) is 31.0. The van der Waals surface area contributed by atoms with Gasteiger partial charge in [0.2, 0.25) is 0 Å². The molecule has 9 nitrogen and oxygen atoms in total. The van der Waals surface area contributed by atoms with Gasteiger partial charge in [-0.2, -0.15) is 0 Å². The van der Waals surface area contributed by atoms with Gasteiger partial charge in [-0.3, -0.25) is 13.9 Å². The fourth-order valence-electron chi connectivity index (χ4n) is 2.81. The van der Waals surface area contributed by atoms with Crippen LogP contribution in [0.3, 0.4) is 0 Å². The van der Waals surface area contributed by atoms with Crippen molar-refractivity contribution in [1.82, 2.24) is 19.1 Å². The third-order valence-corrected chi connectivity index (χ3v) is 4.94. The first-order chi connectivity index (χ1) is 10.6. The lowest BCUT2D eigenvalue weighted by Crippen LogP contribution is -2.33. The highest BCUT2D eigenvalue weighted by Crippen LogP contribution is 2.31. The second-order valence-electron chi connectivity index (χ2n) is 5.25. The molecule has 2 aromatic heterocycles. The van der Waals surface area contributed by atoms with E-state index in [0.717, 1.165) is 5.75 Å². The summed E-state index contributed by atoms with van der Waals surface area (Å²) < 4.78 is 8.47.